The molecule has 0 aliphatic carbocycles. The van der Waals surface area contributed by atoms with Gasteiger partial charge in [0.1, 0.15) is 5.60 Å². The Morgan fingerprint density at radius 1 is 1.30 bits per heavy atom. The molecule has 0 saturated carbocycles. The van der Waals surface area contributed by atoms with Crippen LogP contribution in [0.4, 0.5) is 0 Å². The van der Waals surface area contributed by atoms with Gasteiger partial charge >= 0.3 is 0 Å². The maximum Gasteiger partial charge on any atom is 0.106 e. The molecule has 3 atom stereocenters. The van der Waals surface area contributed by atoms with Crippen molar-refractivity contribution in [3.63, 3.8) is 0 Å². The van der Waals surface area contributed by atoms with E-state index in [-0.39, 0.29) is 11.6 Å². The number of thiophene rings is 1. The molecule has 1 spiro atoms. The maximum atomic E-state index is 6.46. The van der Waals surface area contributed by atoms with E-state index in [4.69, 9.17) is 21.1 Å². The van der Waals surface area contributed by atoms with E-state index in [1.165, 1.54) is 16.0 Å². The van der Waals surface area contributed by atoms with Crippen LogP contribution in [0.1, 0.15) is 60.7 Å². The Kier molecular flexibility index (Phi) is 4.81. The largest absolute Gasteiger partial charge is 0.381 e. The van der Waals surface area contributed by atoms with Crippen molar-refractivity contribution in [2.24, 2.45) is 0 Å². The Labute approximate surface area is 169 Å². The van der Waals surface area contributed by atoms with E-state index in [0.29, 0.717) is 12.1 Å². The standard InChI is InChI=1S/C20H26ClN3O2S/c1-13-9-20(19-14(2-7-26-20)8-18(21)27-19)10-17(23-13)15-11-22-24(12-15)16-3-5-25-6-4-16/h8,11-13,16-17,23H,2-7,9-10H2,1H3. The maximum absolute atomic E-state index is 6.46. The number of nitrogens with one attached hydrogen (secondary N) is 1. The zero-order valence-corrected chi connectivity index (χ0v) is 17.2. The fraction of sp³-hybridized carbons (Fsp3) is 0.650. The zero-order chi connectivity index (χ0) is 18.4. The van der Waals surface area contributed by atoms with Crippen molar-refractivity contribution in [1.29, 1.82) is 0 Å². The molecule has 2 aromatic rings. The van der Waals surface area contributed by atoms with Gasteiger partial charge < -0.3 is 14.8 Å². The van der Waals surface area contributed by atoms with Crippen LogP contribution in [0.25, 0.3) is 0 Å². The number of rotatable bonds is 2. The highest BCUT2D eigenvalue weighted by atomic mass is 35.5. The van der Waals surface area contributed by atoms with Crippen LogP contribution in [0.3, 0.4) is 0 Å². The molecule has 5 nitrogen and oxygen atoms in total. The van der Waals surface area contributed by atoms with Gasteiger partial charge in [0.15, 0.2) is 0 Å². The summed E-state index contributed by atoms with van der Waals surface area (Å²) >= 11 is 8.06. The number of piperidine rings is 1. The molecular weight excluding hydrogens is 382 g/mol. The van der Waals surface area contributed by atoms with Gasteiger partial charge in [-0.05, 0) is 44.2 Å². The Morgan fingerprint density at radius 2 is 2.15 bits per heavy atom. The van der Waals surface area contributed by atoms with Gasteiger partial charge in [-0.2, -0.15) is 5.10 Å². The molecule has 3 aliphatic rings. The average molecular weight is 408 g/mol. The predicted octanol–water partition coefficient (Wildman–Crippen LogP) is 4.23. The van der Waals surface area contributed by atoms with Gasteiger partial charge in [0.2, 0.25) is 0 Å². The third-order valence-corrected chi connectivity index (χ3v) is 7.68. The number of fused-ring (bicyclic) bond motifs is 2. The third-order valence-electron chi connectivity index (χ3n) is 6.19. The van der Waals surface area contributed by atoms with E-state index in [1.807, 2.05) is 6.20 Å². The monoisotopic (exact) mass is 407 g/mol. The van der Waals surface area contributed by atoms with Crippen molar-refractivity contribution in [3.05, 3.63) is 38.8 Å². The van der Waals surface area contributed by atoms with Crippen LogP contribution >= 0.6 is 22.9 Å². The SMILES string of the molecule is CC1CC2(CC(c3cnn(C4CCOCC4)c3)N1)OCCc1cc(Cl)sc12. The van der Waals surface area contributed by atoms with Crippen molar-refractivity contribution >= 4 is 22.9 Å². The fourth-order valence-electron chi connectivity index (χ4n) is 4.96. The van der Waals surface area contributed by atoms with Gasteiger partial charge in [0, 0.05) is 48.4 Å². The second-order valence-corrected chi connectivity index (χ2v) is 9.81. The normalized spacial score (nSPS) is 31.9. The van der Waals surface area contributed by atoms with Crippen molar-refractivity contribution in [2.45, 2.75) is 62.8 Å². The molecule has 0 aromatic carbocycles. The highest BCUT2D eigenvalue weighted by Crippen LogP contribution is 2.50. The van der Waals surface area contributed by atoms with E-state index >= 15 is 0 Å². The Bertz CT molecular complexity index is 816. The van der Waals surface area contributed by atoms with Crippen LogP contribution in [-0.2, 0) is 21.5 Å². The number of halogens is 1. The molecule has 2 aromatic heterocycles. The number of nitrogens with zero attached hydrogens (tertiary/aromatic N) is 2. The van der Waals surface area contributed by atoms with Crippen molar-refractivity contribution in [1.82, 2.24) is 15.1 Å². The van der Waals surface area contributed by atoms with E-state index < -0.39 is 0 Å². The summed E-state index contributed by atoms with van der Waals surface area (Å²) in [5, 5.41) is 8.46. The fourth-order valence-corrected chi connectivity index (χ4v) is 6.42. The second kappa shape index (κ2) is 7.16. The zero-order valence-electron chi connectivity index (χ0n) is 15.6. The molecule has 3 unspecified atom stereocenters. The highest BCUT2D eigenvalue weighted by Gasteiger charge is 2.46. The lowest BCUT2D eigenvalue weighted by atomic mass is 9.78. The molecule has 3 aliphatic heterocycles. The van der Waals surface area contributed by atoms with Gasteiger partial charge in [-0.15, -0.1) is 11.3 Å². The van der Waals surface area contributed by atoms with E-state index in [9.17, 15) is 0 Å². The summed E-state index contributed by atoms with van der Waals surface area (Å²) < 4.78 is 15.0. The molecule has 5 heterocycles. The number of ether oxygens (including phenoxy) is 2. The summed E-state index contributed by atoms with van der Waals surface area (Å²) in [7, 11) is 0. The Morgan fingerprint density at radius 3 is 3.00 bits per heavy atom. The molecule has 5 rings (SSSR count). The first-order valence-electron chi connectivity index (χ1n) is 9.93. The topological polar surface area (TPSA) is 48.3 Å². The summed E-state index contributed by atoms with van der Waals surface area (Å²) in [4.78, 5) is 1.34. The Balaban J connectivity index is 1.42. The van der Waals surface area contributed by atoms with Crippen LogP contribution in [0.15, 0.2) is 18.5 Å². The lowest BCUT2D eigenvalue weighted by Crippen LogP contribution is -2.49. The lowest BCUT2D eigenvalue weighted by molar-refractivity contribution is -0.0954. The minimum atomic E-state index is -0.221. The molecule has 0 bridgehead atoms. The number of hydrogen-bond donors (Lipinski definition) is 1. The first kappa shape index (κ1) is 18.1. The van der Waals surface area contributed by atoms with E-state index in [0.717, 1.165) is 56.3 Å². The first-order chi connectivity index (χ1) is 13.1. The van der Waals surface area contributed by atoms with Gasteiger partial charge in [-0.1, -0.05) is 11.6 Å². The van der Waals surface area contributed by atoms with Crippen LogP contribution < -0.4 is 5.32 Å². The molecule has 7 heteroatoms. The summed E-state index contributed by atoms with van der Waals surface area (Å²) in [5.74, 6) is 0. The van der Waals surface area contributed by atoms with Gasteiger partial charge in [-0.25, -0.2) is 0 Å². The van der Waals surface area contributed by atoms with Crippen molar-refractivity contribution < 1.29 is 9.47 Å². The van der Waals surface area contributed by atoms with Crippen LogP contribution in [-0.4, -0.2) is 35.6 Å². The molecule has 1 N–H and O–H groups in total. The lowest BCUT2D eigenvalue weighted by Gasteiger charge is -2.46. The van der Waals surface area contributed by atoms with Crippen LogP contribution in [0, 0.1) is 0 Å². The van der Waals surface area contributed by atoms with Gasteiger partial charge in [-0.3, -0.25) is 4.68 Å². The minimum Gasteiger partial charge on any atom is -0.381 e. The van der Waals surface area contributed by atoms with Crippen molar-refractivity contribution in [3.8, 4) is 0 Å². The summed E-state index contributed by atoms with van der Waals surface area (Å²) in [5.41, 5.74) is 2.41. The molecular formula is C20H26ClN3O2S. The second-order valence-electron chi connectivity index (χ2n) is 8.12. The van der Waals surface area contributed by atoms with Crippen LogP contribution in [0.2, 0.25) is 4.34 Å². The summed E-state index contributed by atoms with van der Waals surface area (Å²) in [6.07, 6.45) is 9.23. The smallest absolute Gasteiger partial charge is 0.106 e. The number of hydrogen-bond acceptors (Lipinski definition) is 5. The third kappa shape index (κ3) is 3.36. The predicted molar refractivity (Wildman–Crippen MR) is 107 cm³/mol. The Hall–Kier alpha value is -0.920. The van der Waals surface area contributed by atoms with Gasteiger partial charge in [0.05, 0.1) is 23.2 Å². The molecule has 146 valence electrons. The molecule has 0 radical (unpaired) electrons. The van der Waals surface area contributed by atoms with Gasteiger partial charge in [0.25, 0.3) is 0 Å². The average Bonchev–Trinajstić information content (AvgIpc) is 3.29. The summed E-state index contributed by atoms with van der Waals surface area (Å²) in [6, 6.07) is 3.21. The summed E-state index contributed by atoms with van der Waals surface area (Å²) in [6.45, 7) is 4.69. The van der Waals surface area contributed by atoms with E-state index in [2.05, 4.69) is 34.3 Å². The quantitative estimate of drug-likeness (QED) is 0.809. The van der Waals surface area contributed by atoms with E-state index in [1.54, 1.807) is 11.3 Å². The molecule has 2 saturated heterocycles. The molecule has 27 heavy (non-hydrogen) atoms. The minimum absolute atomic E-state index is 0.221. The highest BCUT2D eigenvalue weighted by molar-refractivity contribution is 7.16. The van der Waals surface area contributed by atoms with Crippen molar-refractivity contribution in [2.75, 3.05) is 19.8 Å². The number of aromatic nitrogens is 2. The molecule has 2 fully saturated rings. The van der Waals surface area contributed by atoms with Crippen LogP contribution in [0.5, 0.6) is 0 Å². The first-order valence-corrected chi connectivity index (χ1v) is 11.1. The molecule has 0 amide bonds.